The summed E-state index contributed by atoms with van der Waals surface area (Å²) in [7, 11) is 0. The van der Waals surface area contributed by atoms with Crippen LogP contribution in [-0.2, 0) is 14.4 Å². The first-order valence-electron chi connectivity index (χ1n) is 8.66. The Morgan fingerprint density at radius 3 is 1.67 bits per heavy atom. The summed E-state index contributed by atoms with van der Waals surface area (Å²) < 4.78 is 0. The van der Waals surface area contributed by atoms with Crippen LogP contribution < -0.4 is 21.3 Å². The minimum absolute atomic E-state index is 0.0551. The molecule has 0 atom stereocenters. The molecule has 7 nitrogen and oxygen atoms in total. The van der Waals surface area contributed by atoms with E-state index in [2.05, 4.69) is 21.3 Å². The molecule has 0 aliphatic carbocycles. The van der Waals surface area contributed by atoms with Crippen molar-refractivity contribution in [2.75, 3.05) is 27.8 Å². The number of amides is 3. The third-order valence-electron chi connectivity index (χ3n) is 3.62. The van der Waals surface area contributed by atoms with E-state index in [-0.39, 0.29) is 30.2 Å². The van der Waals surface area contributed by atoms with Crippen molar-refractivity contribution < 1.29 is 14.4 Å². The monoisotopic (exact) mass is 368 g/mol. The van der Waals surface area contributed by atoms with Gasteiger partial charge in [0, 0.05) is 35.6 Å². The standard InChI is InChI=1S/C20H24N4O3/c1-13(2)20(27)24-18-10-8-17(9-11-18)23-19(26)12-21-15-4-6-16(7-5-15)22-14(3)25/h4-11,13,21H,12H2,1-3H3,(H,22,25)(H,23,26)(H,24,27). The van der Waals surface area contributed by atoms with Gasteiger partial charge in [0.25, 0.3) is 0 Å². The van der Waals surface area contributed by atoms with Gasteiger partial charge in [-0.15, -0.1) is 0 Å². The third kappa shape index (κ3) is 6.81. The fourth-order valence-corrected chi connectivity index (χ4v) is 2.19. The Morgan fingerprint density at radius 1 is 0.741 bits per heavy atom. The van der Waals surface area contributed by atoms with E-state index >= 15 is 0 Å². The van der Waals surface area contributed by atoms with E-state index < -0.39 is 0 Å². The molecule has 2 rings (SSSR count). The van der Waals surface area contributed by atoms with Crippen LogP contribution >= 0.6 is 0 Å². The largest absolute Gasteiger partial charge is 0.376 e. The molecule has 7 heteroatoms. The molecular formula is C20H24N4O3. The maximum atomic E-state index is 12.0. The molecule has 0 bridgehead atoms. The van der Waals surface area contributed by atoms with Gasteiger partial charge in [0.15, 0.2) is 0 Å². The summed E-state index contributed by atoms with van der Waals surface area (Å²) in [5, 5.41) is 11.3. The first-order valence-corrected chi connectivity index (χ1v) is 8.66. The molecule has 0 saturated heterocycles. The van der Waals surface area contributed by atoms with E-state index in [1.54, 1.807) is 48.5 Å². The average molecular weight is 368 g/mol. The van der Waals surface area contributed by atoms with Crippen molar-refractivity contribution in [2.45, 2.75) is 20.8 Å². The highest BCUT2D eigenvalue weighted by atomic mass is 16.2. The second-order valence-electron chi connectivity index (χ2n) is 6.38. The van der Waals surface area contributed by atoms with Crippen molar-refractivity contribution in [1.82, 2.24) is 0 Å². The summed E-state index contributed by atoms with van der Waals surface area (Å²) in [6.45, 7) is 5.20. The summed E-state index contributed by atoms with van der Waals surface area (Å²) in [6.07, 6.45) is 0. The normalized spacial score (nSPS) is 10.2. The molecule has 0 aromatic heterocycles. The van der Waals surface area contributed by atoms with Crippen LogP contribution in [0.1, 0.15) is 20.8 Å². The number of anilines is 4. The van der Waals surface area contributed by atoms with Gasteiger partial charge in [0.05, 0.1) is 6.54 Å². The number of rotatable bonds is 7. The van der Waals surface area contributed by atoms with Crippen molar-refractivity contribution in [1.29, 1.82) is 0 Å². The van der Waals surface area contributed by atoms with Gasteiger partial charge in [0.2, 0.25) is 17.7 Å². The zero-order valence-corrected chi connectivity index (χ0v) is 15.6. The first-order chi connectivity index (χ1) is 12.8. The number of benzene rings is 2. The highest BCUT2D eigenvalue weighted by Gasteiger charge is 2.07. The van der Waals surface area contributed by atoms with Crippen LogP contribution in [0.25, 0.3) is 0 Å². The predicted molar refractivity (Wildman–Crippen MR) is 108 cm³/mol. The zero-order valence-electron chi connectivity index (χ0n) is 15.6. The van der Waals surface area contributed by atoms with Crippen molar-refractivity contribution in [3.8, 4) is 0 Å². The highest BCUT2D eigenvalue weighted by Crippen LogP contribution is 2.15. The van der Waals surface area contributed by atoms with Crippen LogP contribution in [-0.4, -0.2) is 24.3 Å². The Kier molecular flexibility index (Phi) is 6.93. The average Bonchev–Trinajstić information content (AvgIpc) is 2.62. The van der Waals surface area contributed by atoms with E-state index in [4.69, 9.17) is 0 Å². The number of hydrogen-bond donors (Lipinski definition) is 4. The summed E-state index contributed by atoms with van der Waals surface area (Å²) in [5.74, 6) is -0.479. The first kappa shape index (κ1) is 20.0. The molecule has 0 aliphatic rings. The molecule has 0 spiro atoms. The van der Waals surface area contributed by atoms with E-state index in [0.717, 1.165) is 5.69 Å². The fourth-order valence-electron chi connectivity index (χ4n) is 2.19. The quantitative estimate of drug-likeness (QED) is 0.603. The summed E-state index contributed by atoms with van der Waals surface area (Å²) in [6, 6.07) is 14.0. The second kappa shape index (κ2) is 9.38. The molecular weight excluding hydrogens is 344 g/mol. The molecule has 0 aliphatic heterocycles. The van der Waals surface area contributed by atoms with Crippen LogP contribution in [0.15, 0.2) is 48.5 Å². The van der Waals surface area contributed by atoms with E-state index in [9.17, 15) is 14.4 Å². The van der Waals surface area contributed by atoms with E-state index in [1.807, 2.05) is 13.8 Å². The highest BCUT2D eigenvalue weighted by molar-refractivity contribution is 5.95. The smallest absolute Gasteiger partial charge is 0.243 e. The summed E-state index contributed by atoms with van der Waals surface area (Å²) >= 11 is 0. The van der Waals surface area contributed by atoms with Crippen LogP contribution in [0.2, 0.25) is 0 Å². The fraction of sp³-hybridized carbons (Fsp3) is 0.250. The van der Waals surface area contributed by atoms with Gasteiger partial charge in [-0.05, 0) is 48.5 Å². The lowest BCUT2D eigenvalue weighted by molar-refractivity contribution is -0.119. The SMILES string of the molecule is CC(=O)Nc1ccc(NCC(=O)Nc2ccc(NC(=O)C(C)C)cc2)cc1. The molecule has 27 heavy (non-hydrogen) atoms. The van der Waals surface area contributed by atoms with E-state index in [0.29, 0.717) is 17.1 Å². The van der Waals surface area contributed by atoms with Gasteiger partial charge in [0.1, 0.15) is 0 Å². The lowest BCUT2D eigenvalue weighted by atomic mass is 10.2. The van der Waals surface area contributed by atoms with Crippen LogP contribution in [0.5, 0.6) is 0 Å². The van der Waals surface area contributed by atoms with Crippen LogP contribution in [0.3, 0.4) is 0 Å². The Bertz CT molecular complexity index is 799. The number of nitrogens with one attached hydrogen (secondary N) is 4. The van der Waals surface area contributed by atoms with E-state index in [1.165, 1.54) is 6.92 Å². The second-order valence-corrected chi connectivity index (χ2v) is 6.38. The molecule has 0 saturated carbocycles. The van der Waals surface area contributed by atoms with Crippen LogP contribution in [0.4, 0.5) is 22.7 Å². The molecule has 2 aromatic rings. The molecule has 0 fully saturated rings. The lowest BCUT2D eigenvalue weighted by Crippen LogP contribution is -2.21. The van der Waals surface area contributed by atoms with Gasteiger partial charge in [-0.3, -0.25) is 14.4 Å². The summed E-state index contributed by atoms with van der Waals surface area (Å²) in [5.41, 5.74) is 2.79. The van der Waals surface area contributed by atoms with Gasteiger partial charge in [-0.25, -0.2) is 0 Å². The predicted octanol–water partition coefficient (Wildman–Crippen LogP) is 3.29. The van der Waals surface area contributed by atoms with Crippen molar-refractivity contribution in [3.05, 3.63) is 48.5 Å². The molecule has 4 N–H and O–H groups in total. The molecule has 3 amide bonds. The Morgan fingerprint density at radius 2 is 1.19 bits per heavy atom. The third-order valence-corrected chi connectivity index (χ3v) is 3.62. The number of hydrogen-bond acceptors (Lipinski definition) is 4. The minimum Gasteiger partial charge on any atom is -0.376 e. The van der Waals surface area contributed by atoms with Gasteiger partial charge < -0.3 is 21.3 Å². The van der Waals surface area contributed by atoms with Crippen molar-refractivity contribution in [2.24, 2.45) is 5.92 Å². The van der Waals surface area contributed by atoms with Gasteiger partial charge >= 0.3 is 0 Å². The van der Waals surface area contributed by atoms with Crippen LogP contribution in [0, 0.1) is 5.92 Å². The summed E-state index contributed by atoms with van der Waals surface area (Å²) in [4.78, 5) is 34.7. The Balaban J connectivity index is 1.81. The Labute approximate surface area is 158 Å². The molecule has 142 valence electrons. The van der Waals surface area contributed by atoms with Gasteiger partial charge in [-0.1, -0.05) is 13.8 Å². The lowest BCUT2D eigenvalue weighted by Gasteiger charge is -2.10. The van der Waals surface area contributed by atoms with Gasteiger partial charge in [-0.2, -0.15) is 0 Å². The molecule has 0 heterocycles. The molecule has 0 unspecified atom stereocenters. The maximum absolute atomic E-state index is 12.0. The zero-order chi connectivity index (χ0) is 19.8. The molecule has 0 radical (unpaired) electrons. The Hall–Kier alpha value is -3.35. The topological polar surface area (TPSA) is 99.3 Å². The molecule has 2 aromatic carbocycles. The minimum atomic E-state index is -0.195. The van der Waals surface area contributed by atoms with Crippen molar-refractivity contribution in [3.63, 3.8) is 0 Å². The number of carbonyl (C=O) groups excluding carboxylic acids is 3. The number of carbonyl (C=O) groups is 3. The van der Waals surface area contributed by atoms with Crippen molar-refractivity contribution >= 4 is 40.5 Å². The maximum Gasteiger partial charge on any atom is 0.243 e.